The first kappa shape index (κ1) is 29.4. The van der Waals surface area contributed by atoms with Crippen LogP contribution in [-0.2, 0) is 6.42 Å². The molecule has 0 saturated heterocycles. The topological polar surface area (TPSA) is 8.17 Å². The predicted molar refractivity (Wildman–Crippen MR) is 210 cm³/mol. The highest BCUT2D eigenvalue weighted by molar-refractivity contribution is 6.96. The van der Waals surface area contributed by atoms with Gasteiger partial charge in [-0.15, -0.1) is 0 Å². The molecule has 0 unspecified atom stereocenters. The number of nitrogens with zero attached hydrogens (tertiary/aromatic N) is 2. The fraction of sp³-hybridized carbons (Fsp3) is 0.0870. The Hall–Kier alpha value is -5.80. The smallest absolute Gasteiger partial charge is 0.241 e. The van der Waals surface area contributed by atoms with E-state index in [-0.39, 0.29) is 6.71 Å². The van der Waals surface area contributed by atoms with Crippen molar-refractivity contribution < 1.29 is 0 Å². The summed E-state index contributed by atoms with van der Waals surface area (Å²) in [5, 5.41) is 2.56. The fourth-order valence-electron chi connectivity index (χ4n) is 8.37. The normalized spacial score (nSPS) is 12.3. The van der Waals surface area contributed by atoms with Gasteiger partial charge in [-0.3, -0.25) is 0 Å². The van der Waals surface area contributed by atoms with Crippen LogP contribution in [0.5, 0.6) is 0 Å². The molecule has 0 radical (unpaired) electrons. The van der Waals surface area contributed by atoms with Crippen molar-refractivity contribution in [3.63, 3.8) is 0 Å². The highest BCUT2D eigenvalue weighted by Gasteiger charge is 2.27. The van der Waals surface area contributed by atoms with Crippen molar-refractivity contribution in [2.24, 2.45) is 0 Å². The molecule has 0 bridgehead atoms. The summed E-state index contributed by atoms with van der Waals surface area (Å²) in [6.45, 7) is 6.83. The fourth-order valence-corrected chi connectivity index (χ4v) is 8.37. The van der Waals surface area contributed by atoms with Gasteiger partial charge in [-0.05, 0) is 80.4 Å². The Morgan fingerprint density at radius 1 is 0.469 bits per heavy atom. The van der Waals surface area contributed by atoms with Crippen molar-refractivity contribution in [3.05, 3.63) is 186 Å². The van der Waals surface area contributed by atoms with Crippen LogP contribution in [0.2, 0.25) is 0 Å². The van der Waals surface area contributed by atoms with Crippen molar-refractivity contribution in [2.75, 3.05) is 4.90 Å². The van der Waals surface area contributed by atoms with E-state index in [1.54, 1.807) is 0 Å². The summed E-state index contributed by atoms with van der Waals surface area (Å²) in [5.74, 6) is 0. The lowest BCUT2D eigenvalue weighted by atomic mass is 9.35. The molecule has 3 heteroatoms. The monoisotopic (exact) mass is 628 g/mol. The van der Waals surface area contributed by atoms with Gasteiger partial charge in [0.1, 0.15) is 0 Å². The number of fused-ring (bicyclic) bond motifs is 5. The lowest BCUT2D eigenvalue weighted by molar-refractivity contribution is 1.09. The van der Waals surface area contributed by atoms with Crippen molar-refractivity contribution in [1.82, 2.24) is 4.57 Å². The molecule has 9 rings (SSSR count). The Kier molecular flexibility index (Phi) is 7.02. The molecule has 234 valence electrons. The summed E-state index contributed by atoms with van der Waals surface area (Å²) < 4.78 is 2.40. The minimum absolute atomic E-state index is 0.0998. The summed E-state index contributed by atoms with van der Waals surface area (Å²) in [6, 6.07) is 58.3. The standard InChI is InChI=1S/C46H37BN2/c1-31-28-32(2)46(33(3)29-31)47(37-22-26-39(27-23-37)49-44-18-10-6-14-40(44)41-15-7-11-19-45(41)49)36-20-24-38(25-21-36)48-42-16-8-4-12-34(42)30-35-13-5-9-17-43(35)48/h4-29H,30H2,1-3H3. The Morgan fingerprint density at radius 2 is 0.918 bits per heavy atom. The molecule has 0 fully saturated rings. The van der Waals surface area contributed by atoms with E-state index in [2.05, 4.69) is 188 Å². The van der Waals surface area contributed by atoms with Gasteiger partial charge in [0.2, 0.25) is 6.71 Å². The maximum absolute atomic E-state index is 2.43. The molecule has 1 aliphatic heterocycles. The number of hydrogen-bond donors (Lipinski definition) is 0. The summed E-state index contributed by atoms with van der Waals surface area (Å²) in [6.07, 6.45) is 0.958. The zero-order chi connectivity index (χ0) is 33.1. The highest BCUT2D eigenvalue weighted by Crippen LogP contribution is 2.43. The molecular formula is C46H37BN2. The van der Waals surface area contributed by atoms with Gasteiger partial charge in [-0.2, -0.15) is 0 Å². The summed E-state index contributed by atoms with van der Waals surface area (Å²) in [7, 11) is 0. The average Bonchev–Trinajstić information content (AvgIpc) is 3.47. The number of benzene rings is 7. The van der Waals surface area contributed by atoms with Crippen LogP contribution in [0.4, 0.5) is 17.1 Å². The van der Waals surface area contributed by atoms with Gasteiger partial charge in [-0.1, -0.05) is 142 Å². The molecule has 1 aromatic heterocycles. The second kappa shape index (κ2) is 11.7. The van der Waals surface area contributed by atoms with E-state index < -0.39 is 0 Å². The third-order valence-electron chi connectivity index (χ3n) is 10.4. The van der Waals surface area contributed by atoms with E-state index in [4.69, 9.17) is 0 Å². The van der Waals surface area contributed by atoms with Crippen molar-refractivity contribution in [1.29, 1.82) is 0 Å². The van der Waals surface area contributed by atoms with Crippen LogP contribution in [0.15, 0.2) is 158 Å². The lowest BCUT2D eigenvalue weighted by Gasteiger charge is -2.33. The number of para-hydroxylation sites is 4. The summed E-state index contributed by atoms with van der Waals surface area (Å²) in [5.41, 5.74) is 18.0. The Balaban J connectivity index is 1.16. The number of anilines is 3. The van der Waals surface area contributed by atoms with E-state index in [1.807, 2.05) is 0 Å². The van der Waals surface area contributed by atoms with Gasteiger partial charge in [0.05, 0.1) is 11.0 Å². The van der Waals surface area contributed by atoms with Crippen molar-refractivity contribution in [2.45, 2.75) is 27.2 Å². The molecule has 2 nitrogen and oxygen atoms in total. The Morgan fingerprint density at radius 3 is 1.45 bits per heavy atom. The van der Waals surface area contributed by atoms with Gasteiger partial charge in [0.25, 0.3) is 0 Å². The van der Waals surface area contributed by atoms with Crippen LogP contribution in [0.3, 0.4) is 0 Å². The van der Waals surface area contributed by atoms with Crippen LogP contribution < -0.4 is 21.3 Å². The van der Waals surface area contributed by atoms with E-state index in [0.717, 1.165) is 6.42 Å². The first-order valence-corrected chi connectivity index (χ1v) is 17.3. The van der Waals surface area contributed by atoms with E-state index in [1.165, 1.54) is 88.8 Å². The van der Waals surface area contributed by atoms with Gasteiger partial charge in [0.15, 0.2) is 0 Å². The molecule has 7 aromatic carbocycles. The largest absolute Gasteiger partial charge is 0.310 e. The zero-order valence-electron chi connectivity index (χ0n) is 28.2. The highest BCUT2D eigenvalue weighted by atomic mass is 15.2. The van der Waals surface area contributed by atoms with E-state index in [0.29, 0.717) is 0 Å². The lowest BCUT2D eigenvalue weighted by Crippen LogP contribution is -2.54. The second-order valence-electron chi connectivity index (χ2n) is 13.6. The molecule has 0 amide bonds. The second-order valence-corrected chi connectivity index (χ2v) is 13.6. The molecule has 0 aliphatic carbocycles. The number of hydrogen-bond acceptors (Lipinski definition) is 1. The molecule has 2 heterocycles. The van der Waals surface area contributed by atoms with Gasteiger partial charge >= 0.3 is 0 Å². The van der Waals surface area contributed by atoms with Gasteiger partial charge in [-0.25, -0.2) is 0 Å². The summed E-state index contributed by atoms with van der Waals surface area (Å²) >= 11 is 0. The molecule has 0 saturated carbocycles. The number of aromatic nitrogens is 1. The number of aryl methyl sites for hydroxylation is 3. The maximum atomic E-state index is 2.43. The van der Waals surface area contributed by atoms with E-state index >= 15 is 0 Å². The molecule has 0 N–H and O–H groups in total. The van der Waals surface area contributed by atoms with Gasteiger partial charge in [0, 0.05) is 39.9 Å². The third kappa shape index (κ3) is 4.88. The molecule has 0 spiro atoms. The molecule has 1 aliphatic rings. The molecular weight excluding hydrogens is 591 g/mol. The van der Waals surface area contributed by atoms with E-state index in [9.17, 15) is 0 Å². The first-order chi connectivity index (χ1) is 24.0. The Labute approximate surface area is 289 Å². The third-order valence-corrected chi connectivity index (χ3v) is 10.4. The molecule has 49 heavy (non-hydrogen) atoms. The molecule has 0 atom stereocenters. The minimum atomic E-state index is 0.0998. The van der Waals surface area contributed by atoms with Gasteiger partial charge < -0.3 is 9.47 Å². The minimum Gasteiger partial charge on any atom is -0.310 e. The number of rotatable bonds is 5. The van der Waals surface area contributed by atoms with Crippen LogP contribution in [-0.4, -0.2) is 11.3 Å². The SMILES string of the molecule is Cc1cc(C)c(B(c2ccc(N3c4ccccc4Cc4ccccc43)cc2)c2ccc(-n3c4ccccc4c4ccccc43)cc2)c(C)c1. The predicted octanol–water partition coefficient (Wildman–Crippen LogP) is 9.60. The molecule has 8 aromatic rings. The van der Waals surface area contributed by atoms with Crippen LogP contribution in [0.1, 0.15) is 27.8 Å². The van der Waals surface area contributed by atoms with Crippen LogP contribution in [0, 0.1) is 20.8 Å². The summed E-state index contributed by atoms with van der Waals surface area (Å²) in [4.78, 5) is 2.43. The van der Waals surface area contributed by atoms with Crippen LogP contribution in [0.25, 0.3) is 27.5 Å². The average molecular weight is 629 g/mol. The Bertz CT molecular complexity index is 2380. The van der Waals surface area contributed by atoms with Crippen molar-refractivity contribution >= 4 is 62.0 Å². The quantitative estimate of drug-likeness (QED) is 0.172. The zero-order valence-corrected chi connectivity index (χ0v) is 28.2. The maximum Gasteiger partial charge on any atom is 0.241 e. The van der Waals surface area contributed by atoms with Crippen LogP contribution >= 0.6 is 0 Å². The first-order valence-electron chi connectivity index (χ1n) is 17.3. The van der Waals surface area contributed by atoms with Crippen molar-refractivity contribution in [3.8, 4) is 5.69 Å².